The van der Waals surface area contributed by atoms with Gasteiger partial charge >= 0.3 is 0 Å². The fraction of sp³-hybridized carbons (Fsp3) is 0.667. The molecule has 0 fully saturated rings. The SMILES string of the molecule is COC/C(C)=C(/C)N. The lowest BCUT2D eigenvalue weighted by Gasteiger charge is -1.99. The van der Waals surface area contributed by atoms with E-state index in [2.05, 4.69) is 0 Å². The van der Waals surface area contributed by atoms with E-state index in [4.69, 9.17) is 10.5 Å². The molecule has 0 unspecified atom stereocenters. The van der Waals surface area contributed by atoms with Gasteiger partial charge in [0.25, 0.3) is 0 Å². The highest BCUT2D eigenvalue weighted by Gasteiger charge is 1.88. The summed E-state index contributed by atoms with van der Waals surface area (Å²) in [5, 5.41) is 0. The molecular formula is C6H13NO. The monoisotopic (exact) mass is 115 g/mol. The van der Waals surface area contributed by atoms with Crippen LogP contribution in [0, 0.1) is 0 Å². The van der Waals surface area contributed by atoms with Crippen LogP contribution in [0.3, 0.4) is 0 Å². The fourth-order valence-electron chi connectivity index (χ4n) is 0.330. The Labute approximate surface area is 50.3 Å². The Kier molecular flexibility index (Phi) is 3.28. The number of hydrogen-bond acceptors (Lipinski definition) is 2. The molecule has 8 heavy (non-hydrogen) atoms. The molecule has 0 saturated carbocycles. The molecule has 2 N–H and O–H groups in total. The number of allylic oxidation sites excluding steroid dienone is 1. The maximum atomic E-state index is 5.42. The first-order valence-electron chi connectivity index (χ1n) is 2.59. The Bertz CT molecular complexity index is 92.7. The Morgan fingerprint density at radius 3 is 2.12 bits per heavy atom. The van der Waals surface area contributed by atoms with Crippen LogP contribution in [-0.4, -0.2) is 13.7 Å². The van der Waals surface area contributed by atoms with E-state index in [9.17, 15) is 0 Å². The Morgan fingerprint density at radius 1 is 1.50 bits per heavy atom. The van der Waals surface area contributed by atoms with E-state index in [0.717, 1.165) is 11.3 Å². The zero-order chi connectivity index (χ0) is 6.57. The molecule has 0 spiro atoms. The first-order chi connectivity index (χ1) is 3.68. The summed E-state index contributed by atoms with van der Waals surface area (Å²) in [7, 11) is 1.66. The van der Waals surface area contributed by atoms with Crippen molar-refractivity contribution >= 4 is 0 Å². The van der Waals surface area contributed by atoms with Crippen LogP contribution in [0.2, 0.25) is 0 Å². The van der Waals surface area contributed by atoms with Crippen LogP contribution in [0.25, 0.3) is 0 Å². The van der Waals surface area contributed by atoms with Gasteiger partial charge in [0, 0.05) is 12.8 Å². The van der Waals surface area contributed by atoms with Gasteiger partial charge in [-0.2, -0.15) is 0 Å². The van der Waals surface area contributed by atoms with Crippen molar-refractivity contribution in [1.29, 1.82) is 0 Å². The highest BCUT2D eigenvalue weighted by Crippen LogP contribution is 1.94. The topological polar surface area (TPSA) is 35.2 Å². The minimum Gasteiger partial charge on any atom is -0.402 e. The second-order valence-electron chi connectivity index (χ2n) is 1.90. The molecule has 0 aromatic heterocycles. The standard InChI is InChI=1S/C6H13NO/c1-5(4-8-3)6(2)7/h4,7H2,1-3H3/b6-5-. The van der Waals surface area contributed by atoms with Gasteiger partial charge in [-0.3, -0.25) is 0 Å². The van der Waals surface area contributed by atoms with Gasteiger partial charge in [-0.15, -0.1) is 0 Å². The predicted molar refractivity (Wildman–Crippen MR) is 34.4 cm³/mol. The molecule has 0 aliphatic rings. The highest BCUT2D eigenvalue weighted by molar-refractivity contribution is 5.05. The van der Waals surface area contributed by atoms with Gasteiger partial charge in [0.2, 0.25) is 0 Å². The van der Waals surface area contributed by atoms with Crippen LogP contribution in [0.15, 0.2) is 11.3 Å². The normalized spacial score (nSPS) is 13.4. The molecule has 0 radical (unpaired) electrons. The highest BCUT2D eigenvalue weighted by atomic mass is 16.5. The summed E-state index contributed by atoms with van der Waals surface area (Å²) in [5.74, 6) is 0. The number of ether oxygens (including phenoxy) is 1. The first-order valence-corrected chi connectivity index (χ1v) is 2.59. The number of methoxy groups -OCH3 is 1. The number of rotatable bonds is 2. The molecule has 48 valence electrons. The van der Waals surface area contributed by atoms with E-state index in [1.807, 2.05) is 13.8 Å². The molecular weight excluding hydrogens is 102 g/mol. The first kappa shape index (κ1) is 7.50. The quantitative estimate of drug-likeness (QED) is 0.580. The van der Waals surface area contributed by atoms with E-state index in [0.29, 0.717) is 6.61 Å². The Hall–Kier alpha value is -0.500. The molecule has 0 heterocycles. The van der Waals surface area contributed by atoms with Gasteiger partial charge in [-0.25, -0.2) is 0 Å². The van der Waals surface area contributed by atoms with Crippen LogP contribution in [-0.2, 0) is 4.74 Å². The summed E-state index contributed by atoms with van der Waals surface area (Å²) in [5.41, 5.74) is 7.38. The fourth-order valence-corrected chi connectivity index (χ4v) is 0.330. The number of nitrogens with two attached hydrogens (primary N) is 1. The Balaban J connectivity index is 3.62. The van der Waals surface area contributed by atoms with Gasteiger partial charge in [0.15, 0.2) is 0 Å². The van der Waals surface area contributed by atoms with E-state index < -0.39 is 0 Å². The van der Waals surface area contributed by atoms with Crippen LogP contribution < -0.4 is 5.73 Å². The van der Waals surface area contributed by atoms with Crippen LogP contribution >= 0.6 is 0 Å². The largest absolute Gasteiger partial charge is 0.402 e. The molecule has 0 rings (SSSR count). The second kappa shape index (κ2) is 3.50. The second-order valence-corrected chi connectivity index (χ2v) is 1.90. The lowest BCUT2D eigenvalue weighted by Crippen LogP contribution is -2.00. The molecule has 0 aromatic rings. The molecule has 0 bridgehead atoms. The van der Waals surface area contributed by atoms with Gasteiger partial charge in [-0.1, -0.05) is 0 Å². The van der Waals surface area contributed by atoms with Gasteiger partial charge < -0.3 is 10.5 Å². The van der Waals surface area contributed by atoms with Crippen molar-refractivity contribution in [3.63, 3.8) is 0 Å². The Morgan fingerprint density at radius 2 is 2.00 bits per heavy atom. The summed E-state index contributed by atoms with van der Waals surface area (Å²) in [6.07, 6.45) is 0. The van der Waals surface area contributed by atoms with Crippen molar-refractivity contribution in [2.75, 3.05) is 13.7 Å². The minimum atomic E-state index is 0.641. The molecule has 0 amide bonds. The summed E-state index contributed by atoms with van der Waals surface area (Å²) in [4.78, 5) is 0. The summed E-state index contributed by atoms with van der Waals surface area (Å²) in [6.45, 7) is 4.47. The maximum absolute atomic E-state index is 5.42. The van der Waals surface area contributed by atoms with Crippen molar-refractivity contribution in [3.8, 4) is 0 Å². The lowest BCUT2D eigenvalue weighted by molar-refractivity contribution is 0.225. The summed E-state index contributed by atoms with van der Waals surface area (Å²) in [6, 6.07) is 0. The van der Waals surface area contributed by atoms with Crippen molar-refractivity contribution in [2.24, 2.45) is 5.73 Å². The van der Waals surface area contributed by atoms with Crippen LogP contribution in [0.5, 0.6) is 0 Å². The third kappa shape index (κ3) is 2.64. The van der Waals surface area contributed by atoms with Gasteiger partial charge in [-0.05, 0) is 19.4 Å². The van der Waals surface area contributed by atoms with Gasteiger partial charge in [0.05, 0.1) is 6.61 Å². The summed E-state index contributed by atoms with van der Waals surface area (Å²) < 4.78 is 4.83. The third-order valence-corrected chi connectivity index (χ3v) is 1.03. The van der Waals surface area contributed by atoms with Crippen molar-refractivity contribution in [2.45, 2.75) is 13.8 Å². The van der Waals surface area contributed by atoms with Crippen LogP contribution in [0.1, 0.15) is 13.8 Å². The van der Waals surface area contributed by atoms with Crippen molar-refractivity contribution in [3.05, 3.63) is 11.3 Å². The smallest absolute Gasteiger partial charge is 0.0689 e. The third-order valence-electron chi connectivity index (χ3n) is 1.03. The molecule has 0 aromatic carbocycles. The van der Waals surface area contributed by atoms with E-state index in [1.54, 1.807) is 7.11 Å². The molecule has 0 atom stereocenters. The average molecular weight is 115 g/mol. The van der Waals surface area contributed by atoms with E-state index in [-0.39, 0.29) is 0 Å². The van der Waals surface area contributed by atoms with E-state index in [1.165, 1.54) is 0 Å². The number of hydrogen-bond donors (Lipinski definition) is 1. The molecule has 0 saturated heterocycles. The minimum absolute atomic E-state index is 0.641. The molecule has 2 nitrogen and oxygen atoms in total. The zero-order valence-electron chi connectivity index (χ0n) is 5.69. The molecule has 0 aliphatic carbocycles. The maximum Gasteiger partial charge on any atom is 0.0689 e. The van der Waals surface area contributed by atoms with Crippen molar-refractivity contribution in [1.82, 2.24) is 0 Å². The molecule has 0 aliphatic heterocycles. The van der Waals surface area contributed by atoms with Gasteiger partial charge in [0.1, 0.15) is 0 Å². The zero-order valence-corrected chi connectivity index (χ0v) is 5.69. The van der Waals surface area contributed by atoms with Crippen LogP contribution in [0.4, 0.5) is 0 Å². The lowest BCUT2D eigenvalue weighted by atomic mass is 10.3. The summed E-state index contributed by atoms with van der Waals surface area (Å²) >= 11 is 0. The van der Waals surface area contributed by atoms with Crippen molar-refractivity contribution < 1.29 is 4.74 Å². The predicted octanol–water partition coefficient (Wildman–Crippen LogP) is 0.885. The molecule has 2 heteroatoms. The van der Waals surface area contributed by atoms with E-state index >= 15 is 0 Å². The average Bonchev–Trinajstić information content (AvgIpc) is 1.67.